The molecule has 0 aromatic heterocycles. The molecule has 2 rings (SSSR count). The van der Waals surface area contributed by atoms with Gasteiger partial charge in [0.15, 0.2) is 0 Å². The van der Waals surface area contributed by atoms with Crippen LogP contribution >= 0.6 is 27.7 Å². The van der Waals surface area contributed by atoms with Crippen LogP contribution in [0.25, 0.3) is 0 Å². The Labute approximate surface area is 125 Å². The van der Waals surface area contributed by atoms with Gasteiger partial charge in [0, 0.05) is 16.8 Å². The Balaban J connectivity index is 2.42. The summed E-state index contributed by atoms with van der Waals surface area (Å²) in [5.41, 5.74) is 1.66. The molecule has 0 radical (unpaired) electrons. The van der Waals surface area contributed by atoms with E-state index in [4.69, 9.17) is 0 Å². The Hall–Kier alpha value is -1.25. The molecule has 3 nitrogen and oxygen atoms in total. The Kier molecular flexibility index (Phi) is 4.67. The largest absolute Gasteiger partial charge is 0.320 e. The summed E-state index contributed by atoms with van der Waals surface area (Å²) in [6.45, 7) is 2.00. The molecule has 1 aliphatic rings. The molecular weight excluding hydrogens is 324 g/mol. The molecule has 1 aromatic rings. The maximum atomic E-state index is 11.8. The minimum atomic E-state index is -0.138. The molecule has 0 spiro atoms. The van der Waals surface area contributed by atoms with Crippen molar-refractivity contribution in [2.24, 2.45) is 0 Å². The van der Waals surface area contributed by atoms with Crippen LogP contribution < -0.4 is 5.32 Å². The van der Waals surface area contributed by atoms with E-state index in [1.165, 1.54) is 11.8 Å². The van der Waals surface area contributed by atoms with Crippen molar-refractivity contribution >= 4 is 33.6 Å². The smallest absolute Gasteiger partial charge is 0.225 e. The van der Waals surface area contributed by atoms with Gasteiger partial charge in [-0.15, -0.1) is 11.8 Å². The molecule has 1 N–H and O–H groups in total. The molecule has 1 amide bonds. The summed E-state index contributed by atoms with van der Waals surface area (Å²) in [4.78, 5) is 11.8. The third-order valence-corrected chi connectivity index (χ3v) is 4.35. The summed E-state index contributed by atoms with van der Waals surface area (Å²) in [5.74, 6) is 0.664. The number of nitrogens with zero attached hydrogens (tertiary/aromatic N) is 1. The van der Waals surface area contributed by atoms with Crippen molar-refractivity contribution in [2.75, 3.05) is 5.75 Å². The number of amides is 1. The number of thioether (sulfide) groups is 1. The first-order chi connectivity index (χ1) is 9.15. The number of nitrogens with one attached hydrogen (secondary N) is 1. The number of carbonyl (C=O) groups is 1. The lowest BCUT2D eigenvalue weighted by molar-refractivity contribution is -0.120. The van der Waals surface area contributed by atoms with Gasteiger partial charge in [0.05, 0.1) is 16.7 Å². The molecule has 1 unspecified atom stereocenters. The molecule has 0 aliphatic carbocycles. The lowest BCUT2D eigenvalue weighted by Crippen LogP contribution is -2.30. The minimum Gasteiger partial charge on any atom is -0.320 e. The standard InChI is InChI=1S/C14H13BrN2OS/c1-2-19-14-12(8-16)11(7-13(18)17-14)9-3-5-10(15)6-4-9/h3-6,11H,2,7H2,1H3,(H,17,18). The van der Waals surface area contributed by atoms with Gasteiger partial charge in [-0.2, -0.15) is 5.26 Å². The second-order valence-corrected chi connectivity index (χ2v) is 6.33. The summed E-state index contributed by atoms with van der Waals surface area (Å²) in [6, 6.07) is 10.0. The van der Waals surface area contributed by atoms with Crippen molar-refractivity contribution in [1.29, 1.82) is 5.26 Å². The minimum absolute atomic E-state index is 0.0251. The number of carbonyl (C=O) groups excluding carboxylic acids is 1. The zero-order valence-electron chi connectivity index (χ0n) is 10.4. The van der Waals surface area contributed by atoms with Crippen LogP contribution in [0.2, 0.25) is 0 Å². The molecule has 98 valence electrons. The first-order valence-electron chi connectivity index (χ1n) is 5.98. The zero-order valence-corrected chi connectivity index (χ0v) is 12.8. The summed E-state index contributed by atoms with van der Waals surface area (Å²) in [7, 11) is 0. The number of halogens is 1. The van der Waals surface area contributed by atoms with E-state index in [1.54, 1.807) is 0 Å². The molecule has 19 heavy (non-hydrogen) atoms. The molecule has 1 aliphatic heterocycles. The van der Waals surface area contributed by atoms with Crippen LogP contribution in [0.3, 0.4) is 0 Å². The van der Waals surface area contributed by atoms with E-state index in [0.29, 0.717) is 17.0 Å². The first kappa shape index (κ1) is 14.2. The normalized spacial score (nSPS) is 19.0. The average molecular weight is 337 g/mol. The summed E-state index contributed by atoms with van der Waals surface area (Å²) in [6.07, 6.45) is 0.332. The molecule has 1 aromatic carbocycles. The van der Waals surface area contributed by atoms with E-state index in [9.17, 15) is 10.1 Å². The van der Waals surface area contributed by atoms with E-state index >= 15 is 0 Å². The molecular formula is C14H13BrN2OS. The van der Waals surface area contributed by atoms with Gasteiger partial charge in [0.2, 0.25) is 5.91 Å². The highest BCUT2D eigenvalue weighted by Crippen LogP contribution is 2.36. The third kappa shape index (κ3) is 3.20. The second-order valence-electron chi connectivity index (χ2n) is 4.14. The number of hydrogen-bond acceptors (Lipinski definition) is 3. The van der Waals surface area contributed by atoms with Crippen molar-refractivity contribution in [3.8, 4) is 6.07 Å². The number of allylic oxidation sites excluding steroid dienone is 1. The van der Waals surface area contributed by atoms with Crippen LogP contribution in [0.5, 0.6) is 0 Å². The van der Waals surface area contributed by atoms with Crippen molar-refractivity contribution in [1.82, 2.24) is 5.32 Å². The zero-order chi connectivity index (χ0) is 13.8. The summed E-state index contributed by atoms with van der Waals surface area (Å²) < 4.78 is 0.988. The molecule has 0 bridgehead atoms. The number of hydrogen-bond donors (Lipinski definition) is 1. The van der Waals surface area contributed by atoms with Crippen molar-refractivity contribution in [3.63, 3.8) is 0 Å². The topological polar surface area (TPSA) is 52.9 Å². The van der Waals surface area contributed by atoms with E-state index in [-0.39, 0.29) is 11.8 Å². The van der Waals surface area contributed by atoms with Crippen molar-refractivity contribution < 1.29 is 4.79 Å². The fourth-order valence-electron chi connectivity index (χ4n) is 2.06. The lowest BCUT2D eigenvalue weighted by atomic mass is 9.87. The fourth-order valence-corrected chi connectivity index (χ4v) is 3.14. The van der Waals surface area contributed by atoms with E-state index in [2.05, 4.69) is 27.3 Å². The second kappa shape index (κ2) is 6.27. The predicted octanol–water partition coefficient (Wildman–Crippen LogP) is 3.54. The highest BCUT2D eigenvalue weighted by atomic mass is 79.9. The van der Waals surface area contributed by atoms with E-state index in [1.807, 2.05) is 31.2 Å². The van der Waals surface area contributed by atoms with Crippen LogP contribution in [0.4, 0.5) is 0 Å². The van der Waals surface area contributed by atoms with Gasteiger partial charge in [-0.05, 0) is 23.4 Å². The molecule has 5 heteroatoms. The van der Waals surface area contributed by atoms with Gasteiger partial charge >= 0.3 is 0 Å². The Morgan fingerprint density at radius 1 is 1.47 bits per heavy atom. The predicted molar refractivity (Wildman–Crippen MR) is 80.4 cm³/mol. The third-order valence-electron chi connectivity index (χ3n) is 2.92. The van der Waals surface area contributed by atoms with Crippen LogP contribution in [-0.4, -0.2) is 11.7 Å². The van der Waals surface area contributed by atoms with Crippen LogP contribution in [-0.2, 0) is 4.79 Å². The number of nitriles is 1. The van der Waals surface area contributed by atoms with Crippen LogP contribution in [0.15, 0.2) is 39.3 Å². The van der Waals surface area contributed by atoms with Crippen molar-refractivity contribution in [2.45, 2.75) is 19.3 Å². The van der Waals surface area contributed by atoms with E-state index < -0.39 is 0 Å². The van der Waals surface area contributed by atoms with Gasteiger partial charge in [0.1, 0.15) is 0 Å². The van der Waals surface area contributed by atoms with Gasteiger partial charge in [-0.1, -0.05) is 35.0 Å². The number of benzene rings is 1. The molecule has 0 fully saturated rings. The SMILES string of the molecule is CCSC1=C(C#N)C(c2ccc(Br)cc2)CC(=O)N1. The molecule has 0 saturated heterocycles. The van der Waals surface area contributed by atoms with Crippen molar-refractivity contribution in [3.05, 3.63) is 44.9 Å². The van der Waals surface area contributed by atoms with Gasteiger partial charge < -0.3 is 5.32 Å². The molecule has 0 saturated carbocycles. The molecule has 1 heterocycles. The maximum Gasteiger partial charge on any atom is 0.225 e. The van der Waals surface area contributed by atoms with Crippen LogP contribution in [0, 0.1) is 11.3 Å². The Morgan fingerprint density at radius 2 is 2.16 bits per heavy atom. The highest BCUT2D eigenvalue weighted by molar-refractivity contribution is 9.10. The quantitative estimate of drug-likeness (QED) is 0.918. The summed E-state index contributed by atoms with van der Waals surface area (Å²) in [5, 5.41) is 12.9. The van der Waals surface area contributed by atoms with Gasteiger partial charge in [-0.3, -0.25) is 4.79 Å². The Morgan fingerprint density at radius 3 is 2.74 bits per heavy atom. The number of rotatable bonds is 3. The average Bonchev–Trinajstić information content (AvgIpc) is 2.39. The maximum absolute atomic E-state index is 11.8. The van der Waals surface area contributed by atoms with Gasteiger partial charge in [0.25, 0.3) is 0 Å². The molecule has 1 atom stereocenters. The Bertz CT molecular complexity index is 560. The van der Waals surface area contributed by atoms with Crippen LogP contribution in [0.1, 0.15) is 24.8 Å². The van der Waals surface area contributed by atoms with E-state index in [0.717, 1.165) is 15.8 Å². The monoisotopic (exact) mass is 336 g/mol. The summed E-state index contributed by atoms with van der Waals surface area (Å²) >= 11 is 4.90. The first-order valence-corrected chi connectivity index (χ1v) is 7.76. The fraction of sp³-hybridized carbons (Fsp3) is 0.286. The van der Waals surface area contributed by atoms with Gasteiger partial charge in [-0.25, -0.2) is 0 Å². The lowest BCUT2D eigenvalue weighted by Gasteiger charge is -2.24. The highest BCUT2D eigenvalue weighted by Gasteiger charge is 2.29.